The second-order valence-electron chi connectivity index (χ2n) is 4.70. The first-order valence-corrected chi connectivity index (χ1v) is 9.16. The van der Waals surface area contributed by atoms with Gasteiger partial charge in [-0.2, -0.15) is 13.2 Å². The molecule has 1 rings (SSSR count). The van der Waals surface area contributed by atoms with Gasteiger partial charge in [-0.25, -0.2) is 0 Å². The zero-order chi connectivity index (χ0) is 14.8. The number of allylic oxidation sites excluding steroid dienone is 2. The van der Waals surface area contributed by atoms with Crippen molar-refractivity contribution >= 4 is 26.3 Å². The molecule has 0 amide bonds. The highest BCUT2D eigenvalue weighted by Gasteiger charge is 2.32. The maximum Gasteiger partial charge on any atom is 0.416 e. The number of unbranched alkanes of at least 4 members (excludes halogenated alkanes) is 3. The number of hydrogen-bond donors (Lipinski definition) is 0. The smallest absolute Gasteiger partial charge is 0.166 e. The van der Waals surface area contributed by atoms with Crippen molar-refractivity contribution in [3.8, 4) is 0 Å². The van der Waals surface area contributed by atoms with E-state index in [0.717, 1.165) is 31.7 Å². The molecule has 112 valence electrons. The van der Waals surface area contributed by atoms with Gasteiger partial charge in [0, 0.05) is 5.88 Å². The van der Waals surface area contributed by atoms with Crippen molar-refractivity contribution in [2.45, 2.75) is 37.9 Å². The predicted octanol–water partition coefficient (Wildman–Crippen LogP) is 4.27. The van der Waals surface area contributed by atoms with Crippen LogP contribution in [0.3, 0.4) is 0 Å². The fourth-order valence-electron chi connectivity index (χ4n) is 2.02. The van der Waals surface area contributed by atoms with Crippen molar-refractivity contribution in [3.05, 3.63) is 42.0 Å². The molecule has 0 spiro atoms. The summed E-state index contributed by atoms with van der Waals surface area (Å²) in [5.74, 6) is 0.699. The lowest BCUT2D eigenvalue weighted by Crippen LogP contribution is -2.24. The molecule has 5 heteroatoms. The Labute approximate surface area is 125 Å². The SMILES string of the molecule is FC(F)(F)c1ccccc1[SiH2]CC=CCCCCCCl. The van der Waals surface area contributed by atoms with Gasteiger partial charge in [-0.15, -0.1) is 11.6 Å². The van der Waals surface area contributed by atoms with Crippen LogP contribution < -0.4 is 5.19 Å². The maximum atomic E-state index is 12.8. The van der Waals surface area contributed by atoms with Crippen molar-refractivity contribution in [2.24, 2.45) is 0 Å². The molecule has 0 saturated carbocycles. The zero-order valence-corrected chi connectivity index (χ0v) is 13.6. The van der Waals surface area contributed by atoms with Crippen LogP contribution >= 0.6 is 11.6 Å². The molecule has 0 radical (unpaired) electrons. The Hall–Kier alpha value is -0.743. The summed E-state index contributed by atoms with van der Waals surface area (Å²) in [6, 6.07) is 6.71. The third-order valence-corrected chi connectivity index (χ3v) is 5.12. The lowest BCUT2D eigenvalue weighted by molar-refractivity contribution is -0.136. The molecule has 0 saturated heterocycles. The third kappa shape index (κ3) is 6.62. The zero-order valence-electron chi connectivity index (χ0n) is 11.4. The summed E-state index contributed by atoms with van der Waals surface area (Å²) in [6.07, 6.45) is 4.12. The first-order valence-electron chi connectivity index (χ1n) is 6.91. The molecule has 0 fully saturated rings. The van der Waals surface area contributed by atoms with E-state index in [-0.39, 0.29) is 0 Å². The molecule has 0 N–H and O–H groups in total. The van der Waals surface area contributed by atoms with E-state index in [2.05, 4.69) is 6.08 Å². The fraction of sp³-hybridized carbons (Fsp3) is 0.467. The number of rotatable bonds is 8. The van der Waals surface area contributed by atoms with Gasteiger partial charge in [0.25, 0.3) is 0 Å². The van der Waals surface area contributed by atoms with Gasteiger partial charge in [-0.1, -0.05) is 48.0 Å². The standard InChI is InChI=1S/C15H20ClF3Si/c16-11-7-3-1-2-4-8-12-20-14-10-6-5-9-13(14)15(17,18)19/h4-6,8-10H,1-3,7,11-12,20H2. The number of halogens is 4. The number of alkyl halides is 4. The summed E-state index contributed by atoms with van der Waals surface area (Å²) in [4.78, 5) is 0. The molecular formula is C15H20ClF3Si. The van der Waals surface area contributed by atoms with Gasteiger partial charge >= 0.3 is 6.18 Å². The molecule has 0 nitrogen and oxygen atoms in total. The summed E-state index contributed by atoms with van der Waals surface area (Å²) >= 11 is 5.58. The minimum atomic E-state index is -4.23. The van der Waals surface area contributed by atoms with Gasteiger partial charge in [0.1, 0.15) is 0 Å². The van der Waals surface area contributed by atoms with Crippen LogP contribution in [0.1, 0.15) is 31.2 Å². The molecule has 0 aliphatic rings. The van der Waals surface area contributed by atoms with Crippen molar-refractivity contribution < 1.29 is 13.2 Å². The van der Waals surface area contributed by atoms with Gasteiger partial charge in [0.2, 0.25) is 0 Å². The Kier molecular flexibility index (Phi) is 8.00. The van der Waals surface area contributed by atoms with Crippen LogP contribution in [0.15, 0.2) is 36.4 Å². The van der Waals surface area contributed by atoms with E-state index in [1.165, 1.54) is 12.1 Å². The molecule has 1 aromatic carbocycles. The van der Waals surface area contributed by atoms with Crippen LogP contribution in [-0.2, 0) is 6.18 Å². The van der Waals surface area contributed by atoms with Crippen molar-refractivity contribution in [1.29, 1.82) is 0 Å². The molecule has 0 heterocycles. The van der Waals surface area contributed by atoms with Crippen LogP contribution in [0.4, 0.5) is 13.2 Å². The monoisotopic (exact) mass is 320 g/mol. The van der Waals surface area contributed by atoms with E-state index < -0.39 is 21.3 Å². The summed E-state index contributed by atoms with van der Waals surface area (Å²) in [5.41, 5.74) is -0.456. The van der Waals surface area contributed by atoms with Crippen LogP contribution in [0.25, 0.3) is 0 Å². The second kappa shape index (κ2) is 9.24. The normalized spacial score (nSPS) is 12.8. The fourth-order valence-corrected chi connectivity index (χ4v) is 3.82. The Balaban J connectivity index is 2.37. The minimum Gasteiger partial charge on any atom is -0.166 e. The van der Waals surface area contributed by atoms with Crippen LogP contribution in [0.2, 0.25) is 6.04 Å². The Morgan fingerprint density at radius 1 is 1.05 bits per heavy atom. The highest BCUT2D eigenvalue weighted by Crippen LogP contribution is 2.27. The lowest BCUT2D eigenvalue weighted by atomic mass is 10.2. The molecule has 0 atom stereocenters. The second-order valence-corrected chi connectivity index (χ2v) is 6.92. The van der Waals surface area contributed by atoms with Crippen LogP contribution in [0.5, 0.6) is 0 Å². The van der Waals surface area contributed by atoms with Crippen molar-refractivity contribution in [1.82, 2.24) is 0 Å². The molecule has 0 bridgehead atoms. The van der Waals surface area contributed by atoms with Gasteiger partial charge in [0.15, 0.2) is 0 Å². The molecule has 20 heavy (non-hydrogen) atoms. The van der Waals surface area contributed by atoms with E-state index in [1.807, 2.05) is 6.08 Å². The first kappa shape index (κ1) is 17.3. The number of hydrogen-bond acceptors (Lipinski definition) is 0. The molecule has 0 unspecified atom stereocenters. The van der Waals surface area contributed by atoms with Crippen molar-refractivity contribution in [3.63, 3.8) is 0 Å². The Morgan fingerprint density at radius 2 is 1.80 bits per heavy atom. The van der Waals surface area contributed by atoms with Gasteiger partial charge in [0.05, 0.1) is 15.1 Å². The van der Waals surface area contributed by atoms with Gasteiger partial charge in [-0.05, 0) is 25.3 Å². The van der Waals surface area contributed by atoms with E-state index in [4.69, 9.17) is 11.6 Å². The summed E-state index contributed by atoms with van der Waals surface area (Å²) in [7, 11) is -0.892. The van der Waals surface area contributed by atoms with Gasteiger partial charge in [-0.3, -0.25) is 0 Å². The van der Waals surface area contributed by atoms with Gasteiger partial charge < -0.3 is 0 Å². The topological polar surface area (TPSA) is 0 Å². The largest absolute Gasteiger partial charge is 0.416 e. The molecule has 0 aliphatic carbocycles. The van der Waals surface area contributed by atoms with E-state index in [9.17, 15) is 13.2 Å². The highest BCUT2D eigenvalue weighted by molar-refractivity contribution is 6.54. The first-order chi connectivity index (χ1) is 9.55. The third-order valence-electron chi connectivity index (χ3n) is 3.07. The van der Waals surface area contributed by atoms with Crippen molar-refractivity contribution in [2.75, 3.05) is 5.88 Å². The van der Waals surface area contributed by atoms with E-state index in [1.54, 1.807) is 12.1 Å². The quantitative estimate of drug-likeness (QED) is 0.290. The Bertz CT molecular complexity index is 416. The van der Waals surface area contributed by atoms with E-state index >= 15 is 0 Å². The highest BCUT2D eigenvalue weighted by atomic mass is 35.5. The Morgan fingerprint density at radius 3 is 2.50 bits per heavy atom. The summed E-state index contributed by atoms with van der Waals surface area (Å²) in [6.45, 7) is 0. The molecule has 1 aromatic rings. The van der Waals surface area contributed by atoms with Crippen LogP contribution in [-0.4, -0.2) is 15.4 Å². The average Bonchev–Trinajstić information content (AvgIpc) is 2.41. The average molecular weight is 321 g/mol. The minimum absolute atomic E-state index is 0.456. The molecule has 0 aromatic heterocycles. The maximum absolute atomic E-state index is 12.8. The van der Waals surface area contributed by atoms with Crippen LogP contribution in [0, 0.1) is 0 Å². The summed E-state index contributed by atoms with van der Waals surface area (Å²) in [5, 5.41) is 0.506. The van der Waals surface area contributed by atoms with E-state index in [0.29, 0.717) is 11.1 Å². The number of benzene rings is 1. The summed E-state index contributed by atoms with van der Waals surface area (Å²) < 4.78 is 38.4. The molecular weight excluding hydrogens is 301 g/mol. The lowest BCUT2D eigenvalue weighted by Gasteiger charge is -2.11. The molecule has 0 aliphatic heterocycles. The predicted molar refractivity (Wildman–Crippen MR) is 82.8 cm³/mol.